The van der Waals surface area contributed by atoms with E-state index in [9.17, 15) is 18.0 Å². The predicted octanol–water partition coefficient (Wildman–Crippen LogP) is 3.81. The molecule has 0 aliphatic heterocycles. The highest BCUT2D eigenvalue weighted by molar-refractivity contribution is 7.90. The Morgan fingerprint density at radius 3 is 2.38 bits per heavy atom. The van der Waals surface area contributed by atoms with Gasteiger partial charge in [-0.2, -0.15) is 8.42 Å². The molecule has 174 valence electrons. The number of nitrogens with one attached hydrogen (secondary N) is 1. The van der Waals surface area contributed by atoms with Gasteiger partial charge >= 0.3 is 0 Å². The van der Waals surface area contributed by atoms with Gasteiger partial charge < -0.3 is 0 Å². The number of amides is 1. The van der Waals surface area contributed by atoms with Gasteiger partial charge in [-0.05, 0) is 55.3 Å². The van der Waals surface area contributed by atoms with Crippen molar-refractivity contribution >= 4 is 26.8 Å². The maximum absolute atomic E-state index is 13.6. The second kappa shape index (κ2) is 8.90. The molecule has 2 aromatic carbocycles. The molecule has 2 heterocycles. The quantitative estimate of drug-likeness (QED) is 0.472. The first kappa shape index (κ1) is 22.1. The first-order valence-corrected chi connectivity index (χ1v) is 12.7. The topological polar surface area (TPSA) is 103 Å². The molecule has 1 aliphatic rings. The fourth-order valence-electron chi connectivity index (χ4n) is 4.60. The predicted molar refractivity (Wildman–Crippen MR) is 129 cm³/mol. The van der Waals surface area contributed by atoms with Crippen LogP contribution >= 0.6 is 0 Å². The van der Waals surface area contributed by atoms with Crippen LogP contribution in [0.3, 0.4) is 0 Å². The zero-order valence-corrected chi connectivity index (χ0v) is 19.2. The molecule has 0 radical (unpaired) electrons. The number of carbonyl (C=O) groups excluding carboxylic acids is 1. The molecule has 0 spiro atoms. The highest BCUT2D eigenvalue weighted by Crippen LogP contribution is 2.31. The number of sulfonamides is 1. The van der Waals surface area contributed by atoms with Crippen LogP contribution in [0.2, 0.25) is 0 Å². The van der Waals surface area contributed by atoms with Crippen molar-refractivity contribution in [2.75, 3.05) is 0 Å². The van der Waals surface area contributed by atoms with E-state index in [1.54, 1.807) is 22.9 Å². The zero-order chi connectivity index (χ0) is 23.7. The molecule has 0 atom stereocenters. The molecular formula is C25H24N4O4S. The number of nitrogens with zero attached hydrogens (tertiary/aromatic N) is 3. The van der Waals surface area contributed by atoms with Gasteiger partial charge in [0.05, 0.1) is 22.6 Å². The van der Waals surface area contributed by atoms with Crippen LogP contribution in [0.15, 0.2) is 82.7 Å². The van der Waals surface area contributed by atoms with Crippen molar-refractivity contribution < 1.29 is 13.2 Å². The Kier molecular flexibility index (Phi) is 5.79. The van der Waals surface area contributed by atoms with Crippen molar-refractivity contribution in [3.63, 3.8) is 0 Å². The normalized spacial score (nSPS) is 14.8. The average Bonchev–Trinajstić information content (AvgIpc) is 3.17. The molecule has 5 rings (SSSR count). The summed E-state index contributed by atoms with van der Waals surface area (Å²) in [5.74, 6) is -0.816. The molecule has 0 unspecified atom stereocenters. The molecule has 1 fully saturated rings. The van der Waals surface area contributed by atoms with E-state index in [2.05, 4.69) is 4.98 Å². The number of para-hydroxylation sites is 1. The summed E-state index contributed by atoms with van der Waals surface area (Å²) in [7, 11) is -4.13. The van der Waals surface area contributed by atoms with Gasteiger partial charge in [-0.1, -0.05) is 43.5 Å². The molecule has 2 aromatic heterocycles. The molecule has 0 saturated heterocycles. The third-order valence-corrected chi connectivity index (χ3v) is 7.45. The van der Waals surface area contributed by atoms with Gasteiger partial charge in [0, 0.05) is 11.8 Å². The fourth-order valence-corrected chi connectivity index (χ4v) is 5.53. The molecule has 34 heavy (non-hydrogen) atoms. The van der Waals surface area contributed by atoms with E-state index in [1.165, 1.54) is 30.8 Å². The highest BCUT2D eigenvalue weighted by Gasteiger charge is 2.25. The van der Waals surface area contributed by atoms with Crippen LogP contribution in [0, 0.1) is 0 Å². The van der Waals surface area contributed by atoms with E-state index in [1.807, 2.05) is 39.7 Å². The Morgan fingerprint density at radius 1 is 0.941 bits per heavy atom. The monoisotopic (exact) mass is 476 g/mol. The zero-order valence-electron chi connectivity index (χ0n) is 18.4. The second-order valence-electron chi connectivity index (χ2n) is 8.42. The second-order valence-corrected chi connectivity index (χ2v) is 10.1. The average molecular weight is 477 g/mol. The summed E-state index contributed by atoms with van der Waals surface area (Å²) >= 11 is 0. The minimum absolute atomic E-state index is 0.0881. The first-order valence-electron chi connectivity index (χ1n) is 11.3. The van der Waals surface area contributed by atoms with E-state index in [0.717, 1.165) is 36.9 Å². The number of hydrogen-bond acceptors (Lipinski definition) is 5. The standard InChI is InChI=1S/C25H24N4O4S/c30-24(27-34(32,33)23-13-7-8-16-26-23)18-14-15-22-21(17-18)25(31)29(20-11-5-2-6-12-20)28(22)19-9-3-1-4-10-19/h2,5-8,11-17,19H,1,3-4,9-10H2,(H,27,30). The van der Waals surface area contributed by atoms with E-state index in [4.69, 9.17) is 0 Å². The molecule has 1 amide bonds. The van der Waals surface area contributed by atoms with Crippen LogP contribution in [0.1, 0.15) is 48.5 Å². The largest absolute Gasteiger partial charge is 0.281 e. The number of rotatable bonds is 5. The maximum atomic E-state index is 13.6. The third kappa shape index (κ3) is 4.03. The van der Waals surface area contributed by atoms with Crippen LogP contribution in [0.4, 0.5) is 0 Å². The molecule has 4 aromatic rings. The van der Waals surface area contributed by atoms with Gasteiger partial charge in [-0.15, -0.1) is 0 Å². The van der Waals surface area contributed by atoms with Crippen molar-refractivity contribution in [3.8, 4) is 5.69 Å². The van der Waals surface area contributed by atoms with Crippen molar-refractivity contribution in [2.24, 2.45) is 0 Å². The summed E-state index contributed by atoms with van der Waals surface area (Å²) in [6.07, 6.45) is 6.66. The van der Waals surface area contributed by atoms with Crippen LogP contribution in [0.25, 0.3) is 16.6 Å². The smallest absolute Gasteiger partial charge is 0.274 e. The SMILES string of the molecule is O=C(NS(=O)(=O)c1ccccn1)c1ccc2c(c1)c(=O)n(-c1ccccc1)n2C1CCCCC1. The van der Waals surface area contributed by atoms with Gasteiger partial charge in [-0.3, -0.25) is 14.3 Å². The molecular weight excluding hydrogens is 452 g/mol. The van der Waals surface area contributed by atoms with E-state index < -0.39 is 15.9 Å². The Morgan fingerprint density at radius 2 is 1.68 bits per heavy atom. The van der Waals surface area contributed by atoms with Crippen molar-refractivity contribution in [1.82, 2.24) is 19.1 Å². The Balaban J connectivity index is 1.59. The maximum Gasteiger partial charge on any atom is 0.281 e. The summed E-state index contributed by atoms with van der Waals surface area (Å²) in [6, 6.07) is 18.8. The van der Waals surface area contributed by atoms with Crippen LogP contribution in [-0.4, -0.2) is 28.7 Å². The van der Waals surface area contributed by atoms with Crippen molar-refractivity contribution in [1.29, 1.82) is 0 Å². The van der Waals surface area contributed by atoms with Gasteiger partial charge in [0.15, 0.2) is 5.03 Å². The van der Waals surface area contributed by atoms with Crippen LogP contribution in [-0.2, 0) is 10.0 Å². The van der Waals surface area contributed by atoms with Crippen LogP contribution in [0.5, 0.6) is 0 Å². The summed E-state index contributed by atoms with van der Waals surface area (Å²) < 4.78 is 30.8. The van der Waals surface area contributed by atoms with Gasteiger partial charge in [-0.25, -0.2) is 14.4 Å². The summed E-state index contributed by atoms with van der Waals surface area (Å²) in [5, 5.41) is 0.122. The lowest BCUT2D eigenvalue weighted by atomic mass is 9.95. The van der Waals surface area contributed by atoms with Gasteiger partial charge in [0.25, 0.3) is 21.5 Å². The molecule has 0 bridgehead atoms. The molecule has 8 nitrogen and oxygen atoms in total. The minimum Gasteiger partial charge on any atom is -0.274 e. The lowest BCUT2D eigenvalue weighted by Crippen LogP contribution is -2.31. The summed E-state index contributed by atoms with van der Waals surface area (Å²) in [5.41, 5.74) is 1.32. The van der Waals surface area contributed by atoms with E-state index >= 15 is 0 Å². The molecule has 1 aliphatic carbocycles. The fraction of sp³-hybridized carbons (Fsp3) is 0.240. The lowest BCUT2D eigenvalue weighted by Gasteiger charge is -2.26. The number of fused-ring (bicyclic) bond motifs is 1. The van der Waals surface area contributed by atoms with Crippen molar-refractivity contribution in [2.45, 2.75) is 43.2 Å². The van der Waals surface area contributed by atoms with Crippen molar-refractivity contribution in [3.05, 3.63) is 88.8 Å². The number of pyridine rings is 1. The third-order valence-electron chi connectivity index (χ3n) is 6.21. The number of hydrogen-bond donors (Lipinski definition) is 1. The van der Waals surface area contributed by atoms with Gasteiger partial charge in [0.2, 0.25) is 0 Å². The van der Waals surface area contributed by atoms with Gasteiger partial charge in [0.1, 0.15) is 0 Å². The number of benzene rings is 2. The first-order chi connectivity index (χ1) is 16.5. The van der Waals surface area contributed by atoms with E-state index in [-0.39, 0.29) is 22.2 Å². The van der Waals surface area contributed by atoms with E-state index in [0.29, 0.717) is 5.39 Å². The van der Waals surface area contributed by atoms with Crippen LogP contribution < -0.4 is 10.3 Å². The highest BCUT2D eigenvalue weighted by atomic mass is 32.2. The molecule has 1 N–H and O–H groups in total. The summed E-state index contributed by atoms with van der Waals surface area (Å²) in [4.78, 5) is 30.2. The number of carbonyl (C=O) groups is 1. The Bertz CT molecular complexity index is 1500. The minimum atomic E-state index is -4.13. The number of aromatic nitrogens is 3. The molecule has 9 heteroatoms. The molecule has 1 saturated carbocycles. The lowest BCUT2D eigenvalue weighted by molar-refractivity contribution is 0.0981. The Labute approximate surface area is 196 Å². The Hall–Kier alpha value is -3.72. The summed E-state index contributed by atoms with van der Waals surface area (Å²) in [6.45, 7) is 0.